The number of aromatic nitrogens is 2. The van der Waals surface area contributed by atoms with Gasteiger partial charge in [0.1, 0.15) is 5.82 Å². The SMILES string of the molecule is Clc1ccc(NCc2ccccn2)nc1. The van der Waals surface area contributed by atoms with Crippen molar-refractivity contribution in [2.45, 2.75) is 6.54 Å². The summed E-state index contributed by atoms with van der Waals surface area (Å²) >= 11 is 5.73. The molecular formula is C11H10ClN3. The minimum atomic E-state index is 0.637. The molecule has 0 amide bonds. The fourth-order valence-electron chi connectivity index (χ4n) is 1.16. The summed E-state index contributed by atoms with van der Waals surface area (Å²) in [5.74, 6) is 0.796. The third kappa shape index (κ3) is 2.92. The minimum Gasteiger partial charge on any atom is -0.364 e. The molecule has 4 heteroatoms. The summed E-state index contributed by atoms with van der Waals surface area (Å²) in [5.41, 5.74) is 0.981. The van der Waals surface area contributed by atoms with Crippen molar-refractivity contribution in [1.29, 1.82) is 0 Å². The lowest BCUT2D eigenvalue weighted by Gasteiger charge is -2.04. The number of pyridine rings is 2. The van der Waals surface area contributed by atoms with Crippen molar-refractivity contribution in [3.8, 4) is 0 Å². The van der Waals surface area contributed by atoms with E-state index in [0.29, 0.717) is 11.6 Å². The molecule has 0 aliphatic heterocycles. The molecule has 0 saturated heterocycles. The number of hydrogen-bond donors (Lipinski definition) is 1. The fourth-order valence-corrected chi connectivity index (χ4v) is 1.28. The van der Waals surface area contributed by atoms with Gasteiger partial charge < -0.3 is 5.32 Å². The Kier molecular flexibility index (Phi) is 3.15. The van der Waals surface area contributed by atoms with Crippen molar-refractivity contribution < 1.29 is 0 Å². The minimum absolute atomic E-state index is 0.637. The molecule has 2 aromatic rings. The van der Waals surface area contributed by atoms with Gasteiger partial charge in [0.25, 0.3) is 0 Å². The maximum Gasteiger partial charge on any atom is 0.126 e. The van der Waals surface area contributed by atoms with Gasteiger partial charge in [-0.25, -0.2) is 4.98 Å². The lowest BCUT2D eigenvalue weighted by atomic mass is 10.3. The first kappa shape index (κ1) is 9.93. The largest absolute Gasteiger partial charge is 0.364 e. The quantitative estimate of drug-likeness (QED) is 0.863. The standard InChI is InChI=1S/C11H10ClN3/c12-9-4-5-11(14-7-9)15-8-10-3-1-2-6-13-10/h1-7H,8H2,(H,14,15). The molecule has 0 bridgehead atoms. The summed E-state index contributed by atoms with van der Waals surface area (Å²) in [6, 6.07) is 9.45. The van der Waals surface area contributed by atoms with Crippen molar-refractivity contribution in [2.24, 2.45) is 0 Å². The second kappa shape index (κ2) is 4.75. The van der Waals surface area contributed by atoms with E-state index >= 15 is 0 Å². The molecule has 0 saturated carbocycles. The number of rotatable bonds is 3. The van der Waals surface area contributed by atoms with E-state index in [4.69, 9.17) is 11.6 Å². The van der Waals surface area contributed by atoms with Gasteiger partial charge in [-0.05, 0) is 24.3 Å². The Morgan fingerprint density at radius 2 is 2.07 bits per heavy atom. The zero-order valence-electron chi connectivity index (χ0n) is 8.02. The number of anilines is 1. The number of nitrogens with zero attached hydrogens (tertiary/aromatic N) is 2. The van der Waals surface area contributed by atoms with Crippen molar-refractivity contribution in [3.05, 3.63) is 53.4 Å². The third-order valence-corrected chi connectivity index (χ3v) is 2.13. The normalized spacial score (nSPS) is 9.93. The van der Waals surface area contributed by atoms with Gasteiger partial charge >= 0.3 is 0 Å². The second-order valence-corrected chi connectivity index (χ2v) is 3.47. The van der Waals surface area contributed by atoms with E-state index in [-0.39, 0.29) is 0 Å². The molecule has 1 N–H and O–H groups in total. The van der Waals surface area contributed by atoms with Gasteiger partial charge in [0.2, 0.25) is 0 Å². The lowest BCUT2D eigenvalue weighted by Crippen LogP contribution is -2.02. The van der Waals surface area contributed by atoms with E-state index in [1.807, 2.05) is 24.3 Å². The molecule has 15 heavy (non-hydrogen) atoms. The predicted octanol–water partition coefficient (Wildman–Crippen LogP) is 2.74. The lowest BCUT2D eigenvalue weighted by molar-refractivity contribution is 1.03. The summed E-state index contributed by atoms with van der Waals surface area (Å²) in [4.78, 5) is 8.32. The Balaban J connectivity index is 1.96. The summed E-state index contributed by atoms with van der Waals surface area (Å²) in [6.45, 7) is 0.662. The van der Waals surface area contributed by atoms with Crippen LogP contribution in [0.15, 0.2) is 42.7 Å². The molecule has 0 unspecified atom stereocenters. The number of halogens is 1. The van der Waals surface area contributed by atoms with E-state index in [0.717, 1.165) is 11.5 Å². The fraction of sp³-hybridized carbons (Fsp3) is 0.0909. The monoisotopic (exact) mass is 219 g/mol. The number of hydrogen-bond acceptors (Lipinski definition) is 3. The maximum atomic E-state index is 5.73. The highest BCUT2D eigenvalue weighted by atomic mass is 35.5. The van der Waals surface area contributed by atoms with Gasteiger partial charge in [0.15, 0.2) is 0 Å². The van der Waals surface area contributed by atoms with Crippen LogP contribution in [0.25, 0.3) is 0 Å². The van der Waals surface area contributed by atoms with Gasteiger partial charge in [0, 0.05) is 12.4 Å². The Morgan fingerprint density at radius 3 is 2.73 bits per heavy atom. The van der Waals surface area contributed by atoms with Crippen LogP contribution in [0.5, 0.6) is 0 Å². The average Bonchev–Trinajstić information content (AvgIpc) is 2.30. The zero-order chi connectivity index (χ0) is 10.5. The van der Waals surface area contributed by atoms with E-state index < -0.39 is 0 Å². The highest BCUT2D eigenvalue weighted by molar-refractivity contribution is 6.30. The van der Waals surface area contributed by atoms with Crippen LogP contribution in [0.1, 0.15) is 5.69 Å². The van der Waals surface area contributed by atoms with Crippen LogP contribution in [-0.4, -0.2) is 9.97 Å². The summed E-state index contributed by atoms with van der Waals surface area (Å²) in [5, 5.41) is 3.79. The van der Waals surface area contributed by atoms with Gasteiger partial charge in [-0.15, -0.1) is 0 Å². The Hall–Kier alpha value is -1.61. The first-order valence-electron chi connectivity index (χ1n) is 4.60. The smallest absolute Gasteiger partial charge is 0.126 e. The molecular weight excluding hydrogens is 210 g/mol. The van der Waals surface area contributed by atoms with E-state index in [9.17, 15) is 0 Å². The summed E-state index contributed by atoms with van der Waals surface area (Å²) in [6.07, 6.45) is 3.38. The van der Waals surface area contributed by atoms with Crippen LogP contribution in [0.2, 0.25) is 5.02 Å². The van der Waals surface area contributed by atoms with E-state index in [1.54, 1.807) is 18.5 Å². The first-order chi connectivity index (χ1) is 7.34. The Labute approximate surface area is 93.1 Å². The number of nitrogens with one attached hydrogen (secondary N) is 1. The van der Waals surface area contributed by atoms with Gasteiger partial charge in [0.05, 0.1) is 17.3 Å². The molecule has 0 atom stereocenters. The molecule has 0 aliphatic carbocycles. The van der Waals surface area contributed by atoms with Crippen LogP contribution in [0, 0.1) is 0 Å². The van der Waals surface area contributed by atoms with Crippen LogP contribution < -0.4 is 5.32 Å². The van der Waals surface area contributed by atoms with Gasteiger partial charge in [-0.1, -0.05) is 17.7 Å². The van der Waals surface area contributed by atoms with E-state index in [1.165, 1.54) is 0 Å². The van der Waals surface area contributed by atoms with Crippen molar-refractivity contribution in [1.82, 2.24) is 9.97 Å². The molecule has 2 heterocycles. The first-order valence-corrected chi connectivity index (χ1v) is 4.98. The Morgan fingerprint density at radius 1 is 1.13 bits per heavy atom. The molecule has 0 fully saturated rings. The molecule has 0 aromatic carbocycles. The van der Waals surface area contributed by atoms with Crippen LogP contribution in [-0.2, 0) is 6.54 Å². The van der Waals surface area contributed by atoms with Crippen molar-refractivity contribution in [2.75, 3.05) is 5.32 Å². The molecule has 0 aliphatic rings. The molecule has 2 aromatic heterocycles. The van der Waals surface area contributed by atoms with Gasteiger partial charge in [-0.2, -0.15) is 0 Å². The van der Waals surface area contributed by atoms with Crippen molar-refractivity contribution >= 4 is 17.4 Å². The zero-order valence-corrected chi connectivity index (χ0v) is 8.78. The molecule has 0 spiro atoms. The average molecular weight is 220 g/mol. The highest BCUT2D eigenvalue weighted by Crippen LogP contribution is 2.10. The Bertz CT molecular complexity index is 414. The topological polar surface area (TPSA) is 37.8 Å². The molecule has 2 rings (SSSR count). The van der Waals surface area contributed by atoms with Crippen LogP contribution in [0.4, 0.5) is 5.82 Å². The van der Waals surface area contributed by atoms with Crippen LogP contribution in [0.3, 0.4) is 0 Å². The predicted molar refractivity (Wildman–Crippen MR) is 60.8 cm³/mol. The summed E-state index contributed by atoms with van der Waals surface area (Å²) in [7, 11) is 0. The second-order valence-electron chi connectivity index (χ2n) is 3.04. The summed E-state index contributed by atoms with van der Waals surface area (Å²) < 4.78 is 0. The molecule has 0 radical (unpaired) electrons. The third-order valence-electron chi connectivity index (χ3n) is 1.90. The van der Waals surface area contributed by atoms with Crippen LogP contribution >= 0.6 is 11.6 Å². The molecule has 76 valence electrons. The maximum absolute atomic E-state index is 5.73. The van der Waals surface area contributed by atoms with Crippen molar-refractivity contribution in [3.63, 3.8) is 0 Å². The van der Waals surface area contributed by atoms with E-state index in [2.05, 4.69) is 15.3 Å². The molecule has 3 nitrogen and oxygen atoms in total. The van der Waals surface area contributed by atoms with Gasteiger partial charge in [-0.3, -0.25) is 4.98 Å². The highest BCUT2D eigenvalue weighted by Gasteiger charge is 1.95.